The number of alkyl carbamates (subject to hydrolysis) is 2. The van der Waals surface area contributed by atoms with Gasteiger partial charge in [0.2, 0.25) is 11.8 Å². The van der Waals surface area contributed by atoms with E-state index in [0.29, 0.717) is 48.7 Å². The van der Waals surface area contributed by atoms with Crippen molar-refractivity contribution in [3.05, 3.63) is 72.6 Å². The molecule has 14 nitrogen and oxygen atoms in total. The molecule has 4 atom stereocenters. The second-order valence-corrected chi connectivity index (χ2v) is 14.6. The number of aromatic amines is 2. The van der Waals surface area contributed by atoms with Crippen molar-refractivity contribution in [2.75, 3.05) is 27.3 Å². The largest absolute Gasteiger partial charge is 0.453 e. The van der Waals surface area contributed by atoms with Gasteiger partial charge in [0.25, 0.3) is 0 Å². The van der Waals surface area contributed by atoms with Gasteiger partial charge in [0.1, 0.15) is 23.7 Å². The molecule has 4 aromatic rings. The fraction of sp³-hybridized carbons (Fsp3) is 0.450. The SMILES string of the molecule is COC(=O)NC(CCC(F)(F)F)C(=O)N1CCC[C@H]1c1ncc(-c2ccc(-c3ccc(-c4cnc([C@@H]5CCCN5C(=O)[C@H](CCC(F)(F)F)NC(=O)OC)[nH]4)cc3)cc2)[nH]1. The van der Waals surface area contributed by atoms with Gasteiger partial charge in [-0.15, -0.1) is 0 Å². The van der Waals surface area contributed by atoms with Crippen LogP contribution in [-0.2, 0) is 19.1 Å². The fourth-order valence-corrected chi connectivity index (χ4v) is 7.55. The Morgan fingerprint density at radius 1 is 0.650 bits per heavy atom. The number of hydrogen-bond acceptors (Lipinski definition) is 8. The molecule has 4 amide bonds. The van der Waals surface area contributed by atoms with Gasteiger partial charge >= 0.3 is 24.5 Å². The second kappa shape index (κ2) is 18.5. The zero-order valence-electron chi connectivity index (χ0n) is 32.7. The Hall–Kier alpha value is -6.08. The van der Waals surface area contributed by atoms with E-state index in [4.69, 9.17) is 0 Å². The van der Waals surface area contributed by atoms with E-state index in [9.17, 15) is 45.5 Å². The number of alkyl halides is 6. The van der Waals surface area contributed by atoms with Crippen LogP contribution in [0.1, 0.15) is 75.1 Å². The molecule has 4 heterocycles. The van der Waals surface area contributed by atoms with E-state index in [2.05, 4.69) is 40.0 Å². The Kier molecular flexibility index (Phi) is 13.4. The van der Waals surface area contributed by atoms with Crippen molar-refractivity contribution in [3.8, 4) is 33.6 Å². The zero-order chi connectivity index (χ0) is 43.2. The number of benzene rings is 2. The number of H-pyrrole nitrogens is 2. The Balaban J connectivity index is 1.10. The number of likely N-dealkylation sites (tertiary alicyclic amines) is 2. The van der Waals surface area contributed by atoms with Crippen molar-refractivity contribution in [2.24, 2.45) is 0 Å². The van der Waals surface area contributed by atoms with Gasteiger partial charge in [0, 0.05) is 25.9 Å². The highest BCUT2D eigenvalue weighted by Gasteiger charge is 2.40. The number of carbonyl (C=O) groups excluding carboxylic acids is 4. The van der Waals surface area contributed by atoms with E-state index in [1.807, 2.05) is 48.5 Å². The van der Waals surface area contributed by atoms with Crippen LogP contribution in [0.15, 0.2) is 60.9 Å². The summed E-state index contributed by atoms with van der Waals surface area (Å²) in [5.74, 6) is -0.353. The summed E-state index contributed by atoms with van der Waals surface area (Å²) in [7, 11) is 2.13. The predicted octanol–water partition coefficient (Wildman–Crippen LogP) is 7.60. The molecule has 0 spiro atoms. The lowest BCUT2D eigenvalue weighted by molar-refractivity contribution is -0.144. The van der Waals surface area contributed by atoms with Crippen LogP contribution in [0.5, 0.6) is 0 Å². The molecule has 1 unspecified atom stereocenters. The molecule has 2 fully saturated rings. The standard InChI is InChI=1S/C40H44F6N8O6/c1-59-37(57)51-27(15-17-39(41,42)43)35(55)53-19-3-5-31(53)33-47-21-29(49-33)25-11-7-23(8-12-25)24-9-13-26(14-10-24)30-22-48-34(50-30)32-6-4-20-54(32)36(56)28(52-38(58)60-2)16-18-40(44,45)46/h7-14,21-22,27-28,31-32H,3-6,15-20H2,1-2H3,(H,47,49)(H,48,50)(H,51,57)(H,52,58)/t27-,28?,31-,32-/m0/s1. The summed E-state index contributed by atoms with van der Waals surface area (Å²) in [6, 6.07) is 11.4. The molecule has 322 valence electrons. The van der Waals surface area contributed by atoms with Gasteiger partial charge in [-0.05, 0) is 60.8 Å². The first kappa shape index (κ1) is 43.5. The highest BCUT2D eigenvalue weighted by Crippen LogP contribution is 2.36. The Labute approximate surface area is 340 Å². The topological polar surface area (TPSA) is 175 Å². The number of methoxy groups -OCH3 is 2. The molecule has 20 heteroatoms. The first-order valence-electron chi connectivity index (χ1n) is 19.3. The number of halogens is 6. The average Bonchev–Trinajstić information content (AvgIpc) is 4.07. The monoisotopic (exact) mass is 846 g/mol. The van der Waals surface area contributed by atoms with Crippen LogP contribution in [0.25, 0.3) is 33.6 Å². The van der Waals surface area contributed by atoms with E-state index < -0.39 is 86.2 Å². The lowest BCUT2D eigenvalue weighted by Crippen LogP contribution is -2.48. The number of nitrogens with one attached hydrogen (secondary N) is 4. The van der Waals surface area contributed by atoms with Crippen LogP contribution in [0.4, 0.5) is 35.9 Å². The van der Waals surface area contributed by atoms with Crippen LogP contribution in [0.3, 0.4) is 0 Å². The van der Waals surface area contributed by atoms with Gasteiger partial charge in [0.15, 0.2) is 0 Å². The van der Waals surface area contributed by atoms with Gasteiger partial charge in [-0.1, -0.05) is 48.5 Å². The third kappa shape index (κ3) is 10.7. The molecule has 0 saturated carbocycles. The van der Waals surface area contributed by atoms with Crippen molar-refractivity contribution in [1.82, 2.24) is 40.4 Å². The molecule has 2 aromatic carbocycles. The Morgan fingerprint density at radius 2 is 1.00 bits per heavy atom. The lowest BCUT2D eigenvalue weighted by atomic mass is 10.0. The summed E-state index contributed by atoms with van der Waals surface area (Å²) in [6.07, 6.45) is -9.30. The van der Waals surface area contributed by atoms with Crippen molar-refractivity contribution < 1.29 is 55.0 Å². The number of ether oxygens (including phenoxy) is 2. The van der Waals surface area contributed by atoms with Gasteiger partial charge < -0.3 is 39.9 Å². The minimum atomic E-state index is -4.51. The molecule has 2 aliphatic rings. The maximum Gasteiger partial charge on any atom is 0.407 e. The third-order valence-electron chi connectivity index (χ3n) is 10.6. The van der Waals surface area contributed by atoms with Crippen LogP contribution < -0.4 is 10.6 Å². The van der Waals surface area contributed by atoms with Crippen molar-refractivity contribution >= 4 is 24.0 Å². The number of hydrogen-bond donors (Lipinski definition) is 4. The number of imidazole rings is 2. The first-order valence-corrected chi connectivity index (χ1v) is 19.3. The molecule has 6 rings (SSSR count). The zero-order valence-corrected chi connectivity index (χ0v) is 32.7. The maximum absolute atomic E-state index is 13.4. The van der Waals surface area contributed by atoms with Crippen LogP contribution >= 0.6 is 0 Å². The van der Waals surface area contributed by atoms with Gasteiger partial charge in [-0.3, -0.25) is 9.59 Å². The molecule has 0 bridgehead atoms. The molecule has 0 aliphatic carbocycles. The van der Waals surface area contributed by atoms with Crippen molar-refractivity contribution in [2.45, 2.75) is 87.9 Å². The van der Waals surface area contributed by atoms with Crippen molar-refractivity contribution in [3.63, 3.8) is 0 Å². The van der Waals surface area contributed by atoms with Crippen LogP contribution in [0.2, 0.25) is 0 Å². The highest BCUT2D eigenvalue weighted by atomic mass is 19.4. The Morgan fingerprint density at radius 3 is 1.33 bits per heavy atom. The fourth-order valence-electron chi connectivity index (χ4n) is 7.55. The second-order valence-electron chi connectivity index (χ2n) is 14.6. The summed E-state index contributed by atoms with van der Waals surface area (Å²) in [5.41, 5.74) is 4.76. The summed E-state index contributed by atoms with van der Waals surface area (Å²) in [5, 5.41) is 4.49. The number of aromatic nitrogens is 4. The summed E-state index contributed by atoms with van der Waals surface area (Å²) in [6.45, 7) is 0.574. The van der Waals surface area contributed by atoms with Crippen molar-refractivity contribution in [1.29, 1.82) is 0 Å². The molecule has 4 N–H and O–H groups in total. The van der Waals surface area contributed by atoms with Gasteiger partial charge in [-0.25, -0.2) is 19.6 Å². The van der Waals surface area contributed by atoms with E-state index in [1.165, 1.54) is 9.80 Å². The Bertz CT molecular complexity index is 1970. The normalized spacial score (nSPS) is 17.9. The molecular weight excluding hydrogens is 802 g/mol. The third-order valence-corrected chi connectivity index (χ3v) is 10.6. The van der Waals surface area contributed by atoms with Gasteiger partial charge in [-0.2, -0.15) is 26.3 Å². The molecular formula is C40H44F6N8O6. The molecule has 2 aromatic heterocycles. The van der Waals surface area contributed by atoms with E-state index in [1.54, 1.807) is 12.4 Å². The summed E-state index contributed by atoms with van der Waals surface area (Å²) < 4.78 is 87.2. The van der Waals surface area contributed by atoms with E-state index in [-0.39, 0.29) is 13.1 Å². The number of carbonyl (C=O) groups is 4. The van der Waals surface area contributed by atoms with Crippen LogP contribution in [0, 0.1) is 0 Å². The molecule has 2 saturated heterocycles. The minimum Gasteiger partial charge on any atom is -0.453 e. The molecule has 0 radical (unpaired) electrons. The summed E-state index contributed by atoms with van der Waals surface area (Å²) >= 11 is 0. The van der Waals surface area contributed by atoms with E-state index in [0.717, 1.165) is 36.5 Å². The lowest BCUT2D eigenvalue weighted by Gasteiger charge is -2.28. The quantitative estimate of drug-likeness (QED) is 0.0996. The molecule has 2 aliphatic heterocycles. The first-order chi connectivity index (χ1) is 28.5. The number of nitrogens with zero attached hydrogens (tertiary/aromatic N) is 4. The predicted molar refractivity (Wildman–Crippen MR) is 204 cm³/mol. The van der Waals surface area contributed by atoms with E-state index >= 15 is 0 Å². The number of rotatable bonds is 13. The van der Waals surface area contributed by atoms with Gasteiger partial charge in [0.05, 0.1) is 50.1 Å². The highest BCUT2D eigenvalue weighted by molar-refractivity contribution is 5.87. The summed E-state index contributed by atoms with van der Waals surface area (Å²) in [4.78, 5) is 69.0. The molecule has 60 heavy (non-hydrogen) atoms. The number of amides is 4. The average molecular weight is 847 g/mol. The van der Waals surface area contributed by atoms with Crippen LogP contribution in [-0.4, -0.2) is 105 Å². The smallest absolute Gasteiger partial charge is 0.407 e. The maximum atomic E-state index is 13.4. The minimum absolute atomic E-state index is 0.287.